The number of piperidine rings is 1. The molecule has 1 N–H and O–H groups in total. The summed E-state index contributed by atoms with van der Waals surface area (Å²) in [5.41, 5.74) is -0.460. The highest BCUT2D eigenvalue weighted by Crippen LogP contribution is 2.29. The average Bonchev–Trinajstić information content (AvgIpc) is 2.22. The van der Waals surface area contributed by atoms with E-state index in [4.69, 9.17) is 0 Å². The van der Waals surface area contributed by atoms with Crippen molar-refractivity contribution >= 4 is 5.78 Å². The molecule has 0 bridgehead atoms. The van der Waals surface area contributed by atoms with E-state index in [1.165, 1.54) is 6.42 Å². The fraction of sp³-hybridized carbons (Fsp3) is 0.917. The van der Waals surface area contributed by atoms with Crippen LogP contribution in [0.5, 0.6) is 0 Å². The number of nitrogens with zero attached hydrogens (tertiary/aromatic N) is 1. The maximum atomic E-state index is 11.1. The smallest absolute Gasteiger partial charge is 0.135 e. The standard InChI is InChI=1S/C12H21NO2/c14-11-4-8-13(9-5-11)10-12(15)6-2-1-3-7-12/h15H,1-10H2. The first-order chi connectivity index (χ1) is 7.18. The second-order valence-electron chi connectivity index (χ2n) is 5.10. The Morgan fingerprint density at radius 1 is 1.13 bits per heavy atom. The molecule has 0 atom stereocenters. The first-order valence-corrected chi connectivity index (χ1v) is 6.14. The molecule has 0 aromatic carbocycles. The predicted octanol–water partition coefficient (Wildman–Crippen LogP) is 1.35. The minimum atomic E-state index is -0.460. The lowest BCUT2D eigenvalue weighted by molar-refractivity contribution is -0.122. The van der Waals surface area contributed by atoms with Gasteiger partial charge >= 0.3 is 0 Å². The molecular weight excluding hydrogens is 190 g/mol. The van der Waals surface area contributed by atoms with Crippen LogP contribution in [0.15, 0.2) is 0 Å². The zero-order valence-electron chi connectivity index (χ0n) is 9.37. The second kappa shape index (κ2) is 4.62. The number of Topliss-reactive ketones (excluding diaryl/α,β-unsaturated/α-hetero) is 1. The van der Waals surface area contributed by atoms with Gasteiger partial charge in [0, 0.05) is 32.5 Å². The van der Waals surface area contributed by atoms with Gasteiger partial charge in [0.25, 0.3) is 0 Å². The fourth-order valence-corrected chi connectivity index (χ4v) is 2.74. The number of likely N-dealkylation sites (tertiary alicyclic amines) is 1. The van der Waals surface area contributed by atoms with Gasteiger partial charge in [-0.05, 0) is 12.8 Å². The molecule has 3 nitrogen and oxygen atoms in total. The number of aliphatic hydroxyl groups is 1. The second-order valence-corrected chi connectivity index (χ2v) is 5.10. The molecule has 2 rings (SSSR count). The van der Waals surface area contributed by atoms with E-state index in [0.29, 0.717) is 18.6 Å². The maximum absolute atomic E-state index is 11.1. The van der Waals surface area contributed by atoms with E-state index in [-0.39, 0.29) is 0 Å². The van der Waals surface area contributed by atoms with Crippen LogP contribution in [0.3, 0.4) is 0 Å². The van der Waals surface area contributed by atoms with Crippen LogP contribution in [0, 0.1) is 0 Å². The molecule has 0 aromatic heterocycles. The zero-order chi connectivity index (χ0) is 10.7. The molecule has 0 unspecified atom stereocenters. The third-order valence-corrected chi connectivity index (χ3v) is 3.72. The normalized spacial score (nSPS) is 27.9. The van der Waals surface area contributed by atoms with Crippen molar-refractivity contribution < 1.29 is 9.90 Å². The molecule has 15 heavy (non-hydrogen) atoms. The quantitative estimate of drug-likeness (QED) is 0.749. The van der Waals surface area contributed by atoms with E-state index < -0.39 is 5.60 Å². The van der Waals surface area contributed by atoms with E-state index in [9.17, 15) is 9.90 Å². The van der Waals surface area contributed by atoms with E-state index in [0.717, 1.165) is 45.3 Å². The van der Waals surface area contributed by atoms with E-state index in [1.54, 1.807) is 0 Å². The highest BCUT2D eigenvalue weighted by Gasteiger charge is 2.32. The van der Waals surface area contributed by atoms with Gasteiger partial charge in [-0.2, -0.15) is 0 Å². The maximum Gasteiger partial charge on any atom is 0.135 e. The Bertz CT molecular complexity index is 224. The molecule has 0 spiro atoms. The zero-order valence-corrected chi connectivity index (χ0v) is 9.37. The Kier molecular flexibility index (Phi) is 3.42. The molecular formula is C12H21NO2. The first-order valence-electron chi connectivity index (χ1n) is 6.14. The van der Waals surface area contributed by atoms with Crippen LogP contribution in [0.1, 0.15) is 44.9 Å². The molecule has 1 saturated carbocycles. The van der Waals surface area contributed by atoms with E-state index >= 15 is 0 Å². The first kappa shape index (κ1) is 11.1. The molecule has 3 heteroatoms. The van der Waals surface area contributed by atoms with Gasteiger partial charge in [-0.15, -0.1) is 0 Å². The Labute approximate surface area is 91.5 Å². The molecule has 0 radical (unpaired) electrons. The number of hydrogen-bond donors (Lipinski definition) is 1. The Morgan fingerprint density at radius 3 is 2.33 bits per heavy atom. The lowest BCUT2D eigenvalue weighted by Gasteiger charge is -2.38. The van der Waals surface area contributed by atoms with E-state index in [2.05, 4.69) is 4.90 Å². The molecule has 1 aliphatic heterocycles. The number of ketones is 1. The molecule has 2 fully saturated rings. The van der Waals surface area contributed by atoms with Gasteiger partial charge in [-0.1, -0.05) is 19.3 Å². The van der Waals surface area contributed by atoms with Crippen LogP contribution in [0.4, 0.5) is 0 Å². The van der Waals surface area contributed by atoms with Gasteiger partial charge in [0.2, 0.25) is 0 Å². The fourth-order valence-electron chi connectivity index (χ4n) is 2.74. The van der Waals surface area contributed by atoms with Crippen molar-refractivity contribution in [3.63, 3.8) is 0 Å². The number of hydrogen-bond acceptors (Lipinski definition) is 3. The number of rotatable bonds is 2. The van der Waals surface area contributed by atoms with Crippen LogP contribution in [0.25, 0.3) is 0 Å². The lowest BCUT2D eigenvalue weighted by atomic mass is 9.84. The van der Waals surface area contributed by atoms with Crippen molar-refractivity contribution in [2.75, 3.05) is 19.6 Å². The minimum Gasteiger partial charge on any atom is -0.389 e. The third kappa shape index (κ3) is 3.02. The SMILES string of the molecule is O=C1CCN(CC2(O)CCCCC2)CC1. The lowest BCUT2D eigenvalue weighted by Crippen LogP contribution is -2.47. The van der Waals surface area contributed by atoms with Gasteiger partial charge in [-0.3, -0.25) is 9.69 Å². The van der Waals surface area contributed by atoms with Gasteiger partial charge in [-0.25, -0.2) is 0 Å². The summed E-state index contributed by atoms with van der Waals surface area (Å²) >= 11 is 0. The molecule has 1 aliphatic carbocycles. The highest BCUT2D eigenvalue weighted by atomic mass is 16.3. The molecule has 0 aromatic rings. The molecule has 0 amide bonds. The van der Waals surface area contributed by atoms with Gasteiger partial charge < -0.3 is 5.11 Å². The summed E-state index contributed by atoms with van der Waals surface area (Å²) in [7, 11) is 0. The van der Waals surface area contributed by atoms with Crippen molar-refractivity contribution in [1.82, 2.24) is 4.90 Å². The average molecular weight is 211 g/mol. The van der Waals surface area contributed by atoms with Crippen molar-refractivity contribution in [2.24, 2.45) is 0 Å². The topological polar surface area (TPSA) is 40.5 Å². The summed E-state index contributed by atoms with van der Waals surface area (Å²) in [5, 5.41) is 10.4. The summed E-state index contributed by atoms with van der Waals surface area (Å²) in [6.45, 7) is 2.47. The highest BCUT2D eigenvalue weighted by molar-refractivity contribution is 5.79. The van der Waals surface area contributed by atoms with Crippen LogP contribution in [-0.4, -0.2) is 41.0 Å². The summed E-state index contributed by atoms with van der Waals surface area (Å²) in [5.74, 6) is 0.377. The Balaban J connectivity index is 1.82. The Morgan fingerprint density at radius 2 is 1.73 bits per heavy atom. The molecule has 1 heterocycles. The van der Waals surface area contributed by atoms with Gasteiger partial charge in [0.05, 0.1) is 5.60 Å². The monoisotopic (exact) mass is 211 g/mol. The summed E-state index contributed by atoms with van der Waals surface area (Å²) in [4.78, 5) is 13.3. The van der Waals surface area contributed by atoms with Crippen LogP contribution >= 0.6 is 0 Å². The summed E-state index contributed by atoms with van der Waals surface area (Å²) < 4.78 is 0. The molecule has 2 aliphatic rings. The number of carbonyl (C=O) groups excluding carboxylic acids is 1. The van der Waals surface area contributed by atoms with Gasteiger partial charge in [0.15, 0.2) is 0 Å². The van der Waals surface area contributed by atoms with Crippen LogP contribution in [0.2, 0.25) is 0 Å². The summed E-state index contributed by atoms with van der Waals surface area (Å²) in [6.07, 6.45) is 6.81. The van der Waals surface area contributed by atoms with E-state index in [1.807, 2.05) is 0 Å². The van der Waals surface area contributed by atoms with Crippen molar-refractivity contribution in [2.45, 2.75) is 50.5 Å². The van der Waals surface area contributed by atoms with Crippen molar-refractivity contribution in [1.29, 1.82) is 0 Å². The third-order valence-electron chi connectivity index (χ3n) is 3.72. The molecule has 86 valence electrons. The summed E-state index contributed by atoms with van der Waals surface area (Å²) in [6, 6.07) is 0. The number of β-amino-alcohol motifs (C(OH)–C–C–N with tert-alkyl or cyclic N) is 1. The number of carbonyl (C=O) groups is 1. The Hall–Kier alpha value is -0.410. The molecule has 1 saturated heterocycles. The predicted molar refractivity (Wildman–Crippen MR) is 58.7 cm³/mol. The minimum absolute atomic E-state index is 0.377. The largest absolute Gasteiger partial charge is 0.389 e. The van der Waals surface area contributed by atoms with Crippen LogP contribution < -0.4 is 0 Å². The van der Waals surface area contributed by atoms with Crippen LogP contribution in [-0.2, 0) is 4.79 Å². The van der Waals surface area contributed by atoms with Crippen molar-refractivity contribution in [3.05, 3.63) is 0 Å². The van der Waals surface area contributed by atoms with Gasteiger partial charge in [0.1, 0.15) is 5.78 Å². The van der Waals surface area contributed by atoms with Crippen molar-refractivity contribution in [3.8, 4) is 0 Å².